The highest BCUT2D eigenvalue weighted by Crippen LogP contribution is 2.27. The number of phenols is 1. The number of phenolic OH excluding ortho intramolecular Hbond substituents is 1. The molecule has 2 aromatic heterocycles. The molecule has 0 bridgehead atoms. The summed E-state index contributed by atoms with van der Waals surface area (Å²) in [4.78, 5) is 17.1. The van der Waals surface area contributed by atoms with Crippen molar-refractivity contribution in [3.05, 3.63) is 47.0 Å². The van der Waals surface area contributed by atoms with E-state index in [-0.39, 0.29) is 5.75 Å². The molecule has 2 N–H and O–H groups in total. The monoisotopic (exact) mass is 228 g/mol. The Kier molecular flexibility index (Phi) is 1.98. The van der Waals surface area contributed by atoms with Gasteiger partial charge in [0.2, 0.25) is 5.71 Å². The molecule has 0 saturated carbocycles. The van der Waals surface area contributed by atoms with Crippen molar-refractivity contribution in [1.29, 1.82) is 0 Å². The molecule has 0 aliphatic heterocycles. The number of hydrogen-bond acceptors (Lipinski definition) is 4. The van der Waals surface area contributed by atoms with Gasteiger partial charge in [0.25, 0.3) is 0 Å². The third-order valence-corrected chi connectivity index (χ3v) is 2.43. The quantitative estimate of drug-likeness (QED) is 0.666. The summed E-state index contributed by atoms with van der Waals surface area (Å²) < 4.78 is 5.48. The van der Waals surface area contributed by atoms with Gasteiger partial charge in [0, 0.05) is 11.8 Å². The second-order valence-corrected chi connectivity index (χ2v) is 3.63. The summed E-state index contributed by atoms with van der Waals surface area (Å²) in [7, 11) is 0. The van der Waals surface area contributed by atoms with Crippen molar-refractivity contribution >= 4 is 11.1 Å². The second kappa shape index (κ2) is 3.48. The standard InChI is InChI=1S/C12H8N2O3/c15-9-3-1-2-7(4-9)10-5-8-6-13-12(16)14-11(8)17-10/h1-6,15H,(H,13,14,16). The number of rotatable bonds is 1. The van der Waals surface area contributed by atoms with E-state index in [1.807, 2.05) is 6.07 Å². The lowest BCUT2D eigenvalue weighted by molar-refractivity contribution is 0.475. The number of nitrogens with one attached hydrogen (secondary N) is 1. The number of H-pyrrole nitrogens is 1. The number of aromatic hydroxyl groups is 1. The minimum Gasteiger partial charge on any atom is -0.508 e. The number of benzene rings is 1. The zero-order valence-corrected chi connectivity index (χ0v) is 8.68. The second-order valence-electron chi connectivity index (χ2n) is 3.63. The van der Waals surface area contributed by atoms with Crippen LogP contribution in [0.25, 0.3) is 22.4 Å². The van der Waals surface area contributed by atoms with E-state index in [0.29, 0.717) is 16.9 Å². The molecule has 0 amide bonds. The van der Waals surface area contributed by atoms with Crippen LogP contribution in [-0.2, 0) is 0 Å². The van der Waals surface area contributed by atoms with Crippen molar-refractivity contribution in [3.63, 3.8) is 0 Å². The Morgan fingerprint density at radius 3 is 3.00 bits per heavy atom. The first-order valence-corrected chi connectivity index (χ1v) is 5.01. The topological polar surface area (TPSA) is 79.1 Å². The summed E-state index contributed by atoms with van der Waals surface area (Å²) in [5, 5.41) is 10.1. The molecule has 17 heavy (non-hydrogen) atoms. The Bertz CT molecular complexity index is 743. The molecule has 0 fully saturated rings. The van der Waals surface area contributed by atoms with Gasteiger partial charge in [0.05, 0.1) is 5.39 Å². The highest BCUT2D eigenvalue weighted by atomic mass is 16.3. The maximum absolute atomic E-state index is 11.0. The Balaban J connectivity index is 2.21. The van der Waals surface area contributed by atoms with Gasteiger partial charge in [-0.3, -0.25) is 4.98 Å². The van der Waals surface area contributed by atoms with Gasteiger partial charge in [0.1, 0.15) is 11.5 Å². The molecule has 0 saturated heterocycles. The van der Waals surface area contributed by atoms with Crippen LogP contribution in [0.4, 0.5) is 0 Å². The fraction of sp³-hybridized carbons (Fsp3) is 0. The highest BCUT2D eigenvalue weighted by Gasteiger charge is 2.07. The van der Waals surface area contributed by atoms with Crippen LogP contribution in [-0.4, -0.2) is 15.1 Å². The molecule has 0 aliphatic carbocycles. The van der Waals surface area contributed by atoms with Gasteiger partial charge in [0.15, 0.2) is 0 Å². The normalized spacial score (nSPS) is 10.8. The van der Waals surface area contributed by atoms with Crippen LogP contribution in [0.15, 0.2) is 45.7 Å². The Labute approximate surface area is 95.4 Å². The Hall–Kier alpha value is -2.56. The molecule has 0 radical (unpaired) electrons. The number of aromatic nitrogens is 2. The number of nitrogens with zero attached hydrogens (tertiary/aromatic N) is 1. The van der Waals surface area contributed by atoms with Crippen molar-refractivity contribution in [2.45, 2.75) is 0 Å². The van der Waals surface area contributed by atoms with E-state index >= 15 is 0 Å². The van der Waals surface area contributed by atoms with Gasteiger partial charge in [-0.1, -0.05) is 12.1 Å². The first-order chi connectivity index (χ1) is 8.22. The van der Waals surface area contributed by atoms with Crippen LogP contribution in [0.5, 0.6) is 5.75 Å². The number of furan rings is 1. The van der Waals surface area contributed by atoms with Crippen molar-refractivity contribution < 1.29 is 9.52 Å². The van der Waals surface area contributed by atoms with Crippen molar-refractivity contribution in [1.82, 2.24) is 9.97 Å². The molecule has 0 unspecified atom stereocenters. The lowest BCUT2D eigenvalue weighted by Gasteiger charge is -1.96. The number of hydrogen-bond donors (Lipinski definition) is 2. The summed E-state index contributed by atoms with van der Waals surface area (Å²) in [5.41, 5.74) is 0.666. The van der Waals surface area contributed by atoms with Crippen molar-refractivity contribution in [2.24, 2.45) is 0 Å². The maximum Gasteiger partial charge on any atom is 0.347 e. The van der Waals surface area contributed by atoms with Crippen LogP contribution >= 0.6 is 0 Å². The first kappa shape index (κ1) is 9.65. The molecule has 2 heterocycles. The lowest BCUT2D eigenvalue weighted by Crippen LogP contribution is -2.07. The number of fused-ring (bicyclic) bond motifs is 1. The zero-order valence-electron chi connectivity index (χ0n) is 8.68. The highest BCUT2D eigenvalue weighted by molar-refractivity contribution is 5.79. The smallest absolute Gasteiger partial charge is 0.347 e. The van der Waals surface area contributed by atoms with Crippen molar-refractivity contribution in [2.75, 3.05) is 0 Å². The van der Waals surface area contributed by atoms with E-state index in [9.17, 15) is 9.90 Å². The van der Waals surface area contributed by atoms with E-state index in [1.54, 1.807) is 24.3 Å². The zero-order chi connectivity index (χ0) is 11.8. The van der Waals surface area contributed by atoms with Gasteiger partial charge in [-0.15, -0.1) is 0 Å². The summed E-state index contributed by atoms with van der Waals surface area (Å²) >= 11 is 0. The molecule has 0 atom stereocenters. The summed E-state index contributed by atoms with van der Waals surface area (Å²) in [5.74, 6) is 0.731. The third kappa shape index (κ3) is 1.67. The minimum atomic E-state index is -0.450. The summed E-state index contributed by atoms with van der Waals surface area (Å²) in [6.45, 7) is 0. The Morgan fingerprint density at radius 2 is 2.18 bits per heavy atom. The molecule has 5 nitrogen and oxygen atoms in total. The molecule has 84 valence electrons. The third-order valence-electron chi connectivity index (χ3n) is 2.43. The molecule has 5 heteroatoms. The fourth-order valence-corrected chi connectivity index (χ4v) is 1.66. The molecule has 3 aromatic rings. The SMILES string of the molecule is O=c1ncc2cc(-c3cccc(O)c3)oc2[nH]1. The van der Waals surface area contributed by atoms with Crippen LogP contribution in [0.2, 0.25) is 0 Å². The van der Waals surface area contributed by atoms with Gasteiger partial charge in [-0.25, -0.2) is 9.78 Å². The lowest BCUT2D eigenvalue weighted by atomic mass is 10.1. The van der Waals surface area contributed by atoms with E-state index in [0.717, 1.165) is 5.56 Å². The molecule has 3 rings (SSSR count). The van der Waals surface area contributed by atoms with Gasteiger partial charge < -0.3 is 9.52 Å². The largest absolute Gasteiger partial charge is 0.508 e. The summed E-state index contributed by atoms with van der Waals surface area (Å²) in [6.07, 6.45) is 1.45. The number of aromatic amines is 1. The van der Waals surface area contributed by atoms with Crippen LogP contribution in [0.1, 0.15) is 0 Å². The van der Waals surface area contributed by atoms with Crippen LogP contribution in [0, 0.1) is 0 Å². The predicted octanol–water partition coefficient (Wildman–Crippen LogP) is 1.89. The fourth-order valence-electron chi connectivity index (χ4n) is 1.66. The van der Waals surface area contributed by atoms with Gasteiger partial charge in [-0.2, -0.15) is 0 Å². The molecule has 0 aliphatic rings. The maximum atomic E-state index is 11.0. The molecular formula is C12H8N2O3. The van der Waals surface area contributed by atoms with Crippen LogP contribution < -0.4 is 5.69 Å². The Morgan fingerprint density at radius 1 is 1.29 bits per heavy atom. The van der Waals surface area contributed by atoms with E-state index < -0.39 is 5.69 Å². The van der Waals surface area contributed by atoms with Crippen LogP contribution in [0.3, 0.4) is 0 Å². The first-order valence-electron chi connectivity index (χ1n) is 5.01. The van der Waals surface area contributed by atoms with Gasteiger partial charge >= 0.3 is 5.69 Å². The molecular weight excluding hydrogens is 220 g/mol. The van der Waals surface area contributed by atoms with E-state index in [1.165, 1.54) is 6.20 Å². The predicted molar refractivity (Wildman–Crippen MR) is 61.7 cm³/mol. The molecule has 0 spiro atoms. The average Bonchev–Trinajstić information content (AvgIpc) is 2.72. The summed E-state index contributed by atoms with van der Waals surface area (Å²) in [6, 6.07) is 8.45. The van der Waals surface area contributed by atoms with E-state index in [4.69, 9.17) is 4.42 Å². The van der Waals surface area contributed by atoms with Crippen molar-refractivity contribution in [3.8, 4) is 17.1 Å². The van der Waals surface area contributed by atoms with Gasteiger partial charge in [-0.05, 0) is 18.2 Å². The minimum absolute atomic E-state index is 0.162. The average molecular weight is 228 g/mol. The molecule has 1 aromatic carbocycles. The van der Waals surface area contributed by atoms with E-state index in [2.05, 4.69) is 9.97 Å².